The van der Waals surface area contributed by atoms with Crippen LogP contribution in [0.5, 0.6) is 0 Å². The summed E-state index contributed by atoms with van der Waals surface area (Å²) >= 11 is 3.05. The normalized spacial score (nSPS) is 11.1. The number of anilines is 1. The lowest BCUT2D eigenvalue weighted by Crippen LogP contribution is -2.11. The highest BCUT2D eigenvalue weighted by Gasteiger charge is 2.21. The molecular formula is C23H18N4OS2. The van der Waals surface area contributed by atoms with E-state index in [9.17, 15) is 4.79 Å². The first-order valence-electron chi connectivity index (χ1n) is 9.46. The third kappa shape index (κ3) is 3.42. The zero-order valence-electron chi connectivity index (χ0n) is 16.4. The molecule has 0 radical (unpaired) electrons. The summed E-state index contributed by atoms with van der Waals surface area (Å²) in [6.07, 6.45) is 1.78. The number of para-hydroxylation sites is 1. The molecule has 0 fully saturated rings. The fourth-order valence-corrected chi connectivity index (χ4v) is 5.20. The van der Waals surface area contributed by atoms with Crippen molar-refractivity contribution in [3.8, 4) is 16.3 Å². The van der Waals surface area contributed by atoms with Crippen molar-refractivity contribution in [2.24, 2.45) is 0 Å². The number of hydrogen-bond donors (Lipinski definition) is 1. The molecule has 5 nitrogen and oxygen atoms in total. The van der Waals surface area contributed by atoms with Gasteiger partial charge in [-0.1, -0.05) is 41.7 Å². The largest absolute Gasteiger partial charge is 0.298 e. The number of hydrogen-bond acceptors (Lipinski definition) is 5. The monoisotopic (exact) mass is 430 g/mol. The molecule has 0 spiro atoms. The number of thiophene rings is 1. The number of aryl methyl sites for hydroxylation is 2. The van der Waals surface area contributed by atoms with E-state index in [2.05, 4.69) is 29.4 Å². The van der Waals surface area contributed by atoms with Gasteiger partial charge in [0.2, 0.25) is 0 Å². The van der Waals surface area contributed by atoms with Crippen molar-refractivity contribution >= 4 is 43.9 Å². The van der Waals surface area contributed by atoms with Crippen LogP contribution >= 0.6 is 22.7 Å². The maximum absolute atomic E-state index is 13.2. The van der Waals surface area contributed by atoms with Crippen molar-refractivity contribution in [1.29, 1.82) is 0 Å². The molecule has 0 saturated carbocycles. The molecule has 3 heterocycles. The van der Waals surface area contributed by atoms with Crippen molar-refractivity contribution in [3.05, 3.63) is 82.9 Å². The van der Waals surface area contributed by atoms with E-state index in [4.69, 9.17) is 5.10 Å². The van der Waals surface area contributed by atoms with Crippen LogP contribution < -0.4 is 5.32 Å². The van der Waals surface area contributed by atoms with Gasteiger partial charge in [0.05, 0.1) is 26.3 Å². The quantitative estimate of drug-likeness (QED) is 0.376. The first kappa shape index (κ1) is 18.7. The Bertz CT molecular complexity index is 1350. The SMILES string of the molecule is Cc1cc(C)c2nc(NC(=O)c3cn(-c4ccccc4)nc3-c3cccs3)sc2c1. The number of fused-ring (bicyclic) bond motifs is 1. The lowest BCUT2D eigenvalue weighted by molar-refractivity contribution is 0.102. The highest BCUT2D eigenvalue weighted by Crippen LogP contribution is 2.31. The van der Waals surface area contributed by atoms with Crippen LogP contribution in [0.4, 0.5) is 5.13 Å². The Morgan fingerprint density at radius 2 is 1.90 bits per heavy atom. The van der Waals surface area contributed by atoms with Crippen LogP contribution in [-0.2, 0) is 0 Å². The summed E-state index contributed by atoms with van der Waals surface area (Å²) < 4.78 is 2.82. The van der Waals surface area contributed by atoms with E-state index in [1.54, 1.807) is 22.2 Å². The Kier molecular flexibility index (Phi) is 4.69. The zero-order chi connectivity index (χ0) is 20.7. The van der Waals surface area contributed by atoms with Crippen molar-refractivity contribution < 1.29 is 4.79 Å². The molecule has 0 bridgehead atoms. The molecule has 5 rings (SSSR count). The van der Waals surface area contributed by atoms with E-state index in [0.29, 0.717) is 16.4 Å². The summed E-state index contributed by atoms with van der Waals surface area (Å²) in [4.78, 5) is 18.8. The summed E-state index contributed by atoms with van der Waals surface area (Å²) in [6, 6.07) is 17.9. The number of nitrogens with one attached hydrogen (secondary N) is 1. The molecule has 1 amide bonds. The highest BCUT2D eigenvalue weighted by molar-refractivity contribution is 7.22. The van der Waals surface area contributed by atoms with Gasteiger partial charge in [-0.25, -0.2) is 9.67 Å². The van der Waals surface area contributed by atoms with Crippen molar-refractivity contribution in [3.63, 3.8) is 0 Å². The summed E-state index contributed by atoms with van der Waals surface area (Å²) in [5.41, 5.74) is 5.32. The van der Waals surface area contributed by atoms with Gasteiger partial charge in [0.1, 0.15) is 5.69 Å². The molecule has 0 unspecified atom stereocenters. The summed E-state index contributed by atoms with van der Waals surface area (Å²) in [6.45, 7) is 4.11. The molecular weight excluding hydrogens is 412 g/mol. The van der Waals surface area contributed by atoms with E-state index < -0.39 is 0 Å². The number of benzene rings is 2. The van der Waals surface area contributed by atoms with Crippen LogP contribution in [0.25, 0.3) is 26.5 Å². The van der Waals surface area contributed by atoms with Gasteiger partial charge in [-0.3, -0.25) is 10.1 Å². The van der Waals surface area contributed by atoms with E-state index in [0.717, 1.165) is 26.3 Å². The third-order valence-electron chi connectivity index (χ3n) is 4.78. The van der Waals surface area contributed by atoms with Crippen LogP contribution in [0.1, 0.15) is 21.5 Å². The van der Waals surface area contributed by atoms with Crippen LogP contribution in [0.2, 0.25) is 0 Å². The predicted molar refractivity (Wildman–Crippen MR) is 124 cm³/mol. The number of nitrogens with zero attached hydrogens (tertiary/aromatic N) is 3. The highest BCUT2D eigenvalue weighted by atomic mass is 32.1. The smallest absolute Gasteiger partial charge is 0.261 e. The minimum absolute atomic E-state index is 0.214. The van der Waals surface area contributed by atoms with Gasteiger partial charge < -0.3 is 0 Å². The molecule has 7 heteroatoms. The Morgan fingerprint density at radius 3 is 2.67 bits per heavy atom. The zero-order valence-corrected chi connectivity index (χ0v) is 18.1. The van der Waals surface area contributed by atoms with E-state index >= 15 is 0 Å². The van der Waals surface area contributed by atoms with E-state index in [-0.39, 0.29) is 5.91 Å². The average molecular weight is 431 g/mol. The maximum Gasteiger partial charge on any atom is 0.261 e. The first-order valence-corrected chi connectivity index (χ1v) is 11.2. The topological polar surface area (TPSA) is 59.8 Å². The van der Waals surface area contributed by atoms with Crippen LogP contribution in [0.3, 0.4) is 0 Å². The first-order chi connectivity index (χ1) is 14.6. The molecule has 1 N–H and O–H groups in total. The molecule has 2 aromatic carbocycles. The number of aromatic nitrogens is 3. The average Bonchev–Trinajstić information content (AvgIpc) is 3.47. The molecule has 0 aliphatic rings. The number of rotatable bonds is 4. The van der Waals surface area contributed by atoms with Crippen LogP contribution in [0.15, 0.2) is 66.2 Å². The standard InChI is InChI=1S/C23H18N4OS2/c1-14-11-15(2)20-19(12-14)30-23(24-20)25-22(28)17-13-27(16-7-4-3-5-8-16)26-21(17)18-9-6-10-29-18/h3-13H,1-2H3,(H,24,25,28). The molecule has 3 aromatic heterocycles. The molecule has 0 aliphatic carbocycles. The fraction of sp³-hybridized carbons (Fsp3) is 0.0870. The van der Waals surface area contributed by atoms with Crippen molar-refractivity contribution in [2.45, 2.75) is 13.8 Å². The Balaban J connectivity index is 1.53. The lowest BCUT2D eigenvalue weighted by atomic mass is 10.1. The summed E-state index contributed by atoms with van der Waals surface area (Å²) in [5.74, 6) is -0.214. The number of carbonyl (C=O) groups excluding carboxylic acids is 1. The minimum atomic E-state index is -0.214. The van der Waals surface area contributed by atoms with Crippen molar-refractivity contribution in [1.82, 2.24) is 14.8 Å². The molecule has 30 heavy (non-hydrogen) atoms. The molecule has 0 atom stereocenters. The second kappa shape index (κ2) is 7.51. The third-order valence-corrected chi connectivity index (χ3v) is 6.58. The molecule has 5 aromatic rings. The maximum atomic E-state index is 13.2. The second-order valence-corrected chi connectivity index (χ2v) is 9.03. The second-order valence-electron chi connectivity index (χ2n) is 7.05. The molecule has 0 aliphatic heterocycles. The number of carbonyl (C=O) groups is 1. The summed E-state index contributed by atoms with van der Waals surface area (Å²) in [7, 11) is 0. The van der Waals surface area contributed by atoms with Gasteiger partial charge in [-0.15, -0.1) is 11.3 Å². The molecule has 0 saturated heterocycles. The van der Waals surface area contributed by atoms with Crippen molar-refractivity contribution in [2.75, 3.05) is 5.32 Å². The molecule has 148 valence electrons. The number of amides is 1. The Labute approximate surface area is 181 Å². The fourth-order valence-electron chi connectivity index (χ4n) is 3.44. The van der Waals surface area contributed by atoms with Gasteiger partial charge in [-0.05, 0) is 54.6 Å². The Morgan fingerprint density at radius 1 is 1.07 bits per heavy atom. The lowest BCUT2D eigenvalue weighted by Gasteiger charge is -2.00. The number of thiazole rings is 1. The van der Waals surface area contributed by atoms with E-state index in [1.807, 2.05) is 54.8 Å². The minimum Gasteiger partial charge on any atom is -0.298 e. The van der Waals surface area contributed by atoms with Crippen LogP contribution in [0, 0.1) is 13.8 Å². The van der Waals surface area contributed by atoms with Gasteiger partial charge in [0.25, 0.3) is 5.91 Å². The van der Waals surface area contributed by atoms with Gasteiger partial charge in [0.15, 0.2) is 5.13 Å². The van der Waals surface area contributed by atoms with Crippen LogP contribution in [-0.4, -0.2) is 20.7 Å². The Hall–Kier alpha value is -3.29. The van der Waals surface area contributed by atoms with Gasteiger partial charge in [0, 0.05) is 6.20 Å². The summed E-state index contributed by atoms with van der Waals surface area (Å²) in [5, 5.41) is 10.3. The van der Waals surface area contributed by atoms with Gasteiger partial charge in [-0.2, -0.15) is 5.10 Å². The predicted octanol–water partition coefficient (Wildman–Crippen LogP) is 6.08. The van der Waals surface area contributed by atoms with E-state index in [1.165, 1.54) is 16.9 Å². The van der Waals surface area contributed by atoms with Gasteiger partial charge >= 0.3 is 0 Å².